The molecule has 23 heavy (non-hydrogen) atoms. The lowest BCUT2D eigenvalue weighted by Gasteiger charge is -2.09. The summed E-state index contributed by atoms with van der Waals surface area (Å²) in [5, 5.41) is 18.2. The maximum Gasteiger partial charge on any atom is 0.226 e. The number of aromatic nitrogens is 3. The van der Waals surface area contributed by atoms with E-state index in [9.17, 15) is 18.3 Å². The van der Waals surface area contributed by atoms with Gasteiger partial charge in [-0.2, -0.15) is 4.39 Å². The van der Waals surface area contributed by atoms with Crippen LogP contribution in [0, 0.1) is 17.6 Å². The zero-order valence-corrected chi connectivity index (χ0v) is 11.3. The van der Waals surface area contributed by atoms with Crippen molar-refractivity contribution in [2.45, 2.75) is 0 Å². The Morgan fingerprint density at radius 2 is 1.96 bits per heavy atom. The third-order valence-electron chi connectivity index (χ3n) is 3.25. The molecule has 118 valence electrons. The van der Waals surface area contributed by atoms with Gasteiger partial charge in [0.2, 0.25) is 5.95 Å². The molecule has 0 aliphatic rings. The van der Waals surface area contributed by atoms with Gasteiger partial charge in [0, 0.05) is 0 Å². The molecule has 0 saturated heterocycles. The average molecular weight is 322 g/mol. The van der Waals surface area contributed by atoms with Gasteiger partial charge in [-0.15, -0.1) is 0 Å². The smallest absolute Gasteiger partial charge is 0.226 e. The zero-order valence-electron chi connectivity index (χ0n) is 11.3. The van der Waals surface area contributed by atoms with E-state index in [1.807, 2.05) is 0 Å². The number of nitrogen functional groups attached to an aromatic ring is 1. The second-order valence-electron chi connectivity index (χ2n) is 4.59. The molecule has 0 amide bonds. The molecule has 0 spiro atoms. The predicted octanol–water partition coefficient (Wildman–Crippen LogP) is 2.81. The van der Waals surface area contributed by atoms with Gasteiger partial charge < -0.3 is 15.9 Å². The fourth-order valence-electron chi connectivity index (χ4n) is 2.14. The van der Waals surface area contributed by atoms with Crippen LogP contribution in [-0.2, 0) is 0 Å². The number of halogens is 3. The highest BCUT2D eigenvalue weighted by molar-refractivity contribution is 5.73. The summed E-state index contributed by atoms with van der Waals surface area (Å²) in [5.74, 6) is -3.87. The highest BCUT2D eigenvalue weighted by Crippen LogP contribution is 2.30. The molecule has 2 aromatic heterocycles. The maximum atomic E-state index is 14.5. The third-order valence-corrected chi connectivity index (χ3v) is 3.25. The summed E-state index contributed by atoms with van der Waals surface area (Å²) in [4.78, 5) is 7.41. The van der Waals surface area contributed by atoms with Gasteiger partial charge in [0.25, 0.3) is 0 Å². The molecule has 0 fully saturated rings. The molecule has 0 atom stereocenters. The molecule has 6 nitrogen and oxygen atoms in total. The summed E-state index contributed by atoms with van der Waals surface area (Å²) >= 11 is 0. The van der Waals surface area contributed by atoms with Crippen LogP contribution >= 0.6 is 0 Å². The van der Waals surface area contributed by atoms with Gasteiger partial charge in [-0.3, -0.25) is 4.40 Å². The molecule has 0 radical (unpaired) electrons. The number of aliphatic hydroxyl groups is 2. The first-order chi connectivity index (χ1) is 11.0. The van der Waals surface area contributed by atoms with Crippen molar-refractivity contribution in [3.05, 3.63) is 54.2 Å². The Bertz CT molecular complexity index is 953. The van der Waals surface area contributed by atoms with Gasteiger partial charge in [0.1, 0.15) is 29.8 Å². The van der Waals surface area contributed by atoms with Crippen LogP contribution in [0.1, 0.15) is 5.69 Å². The highest BCUT2D eigenvalue weighted by atomic mass is 19.1. The van der Waals surface area contributed by atoms with Crippen LogP contribution < -0.4 is 5.73 Å². The number of rotatable bonds is 2. The normalized spacial score (nSPS) is 12.0. The Morgan fingerprint density at radius 1 is 1.22 bits per heavy atom. The quantitative estimate of drug-likeness (QED) is 0.498. The van der Waals surface area contributed by atoms with E-state index in [1.54, 1.807) is 0 Å². The van der Waals surface area contributed by atoms with Crippen molar-refractivity contribution >= 4 is 17.0 Å². The van der Waals surface area contributed by atoms with Crippen molar-refractivity contribution in [2.24, 2.45) is 0 Å². The molecule has 4 N–H and O–H groups in total. The molecular weight excluding hydrogens is 313 g/mol. The van der Waals surface area contributed by atoms with Crippen LogP contribution in [0.2, 0.25) is 0 Å². The Kier molecular flexibility index (Phi) is 3.32. The number of hydrogen-bond donors (Lipinski definition) is 3. The Hall–Kier alpha value is -3.23. The van der Waals surface area contributed by atoms with E-state index in [4.69, 9.17) is 10.8 Å². The van der Waals surface area contributed by atoms with Gasteiger partial charge >= 0.3 is 0 Å². The molecule has 0 aliphatic heterocycles. The molecule has 0 aliphatic carbocycles. The van der Waals surface area contributed by atoms with Crippen LogP contribution in [-0.4, -0.2) is 24.6 Å². The first-order valence-corrected chi connectivity index (χ1v) is 6.24. The van der Waals surface area contributed by atoms with Gasteiger partial charge in [0.15, 0.2) is 11.6 Å². The second kappa shape index (κ2) is 5.20. The van der Waals surface area contributed by atoms with E-state index in [0.717, 1.165) is 29.1 Å². The number of benzene rings is 1. The number of anilines is 1. The standard InChI is InChI=1S/C14H9F3N4O2/c15-6-1-2-7(18)11(16)10(6)13-14(17)21-5-20-12(9(23)4-22)8(21)3-19-13/h1-5,22-23H,18H2/b9-4-. The maximum absolute atomic E-state index is 14.5. The second-order valence-corrected chi connectivity index (χ2v) is 4.59. The summed E-state index contributed by atoms with van der Waals surface area (Å²) in [6.45, 7) is 0. The van der Waals surface area contributed by atoms with Crippen molar-refractivity contribution in [2.75, 3.05) is 5.73 Å². The van der Waals surface area contributed by atoms with Crippen LogP contribution in [0.4, 0.5) is 18.9 Å². The summed E-state index contributed by atoms with van der Waals surface area (Å²) in [5.41, 5.74) is 3.57. The number of aliphatic hydroxyl groups excluding tert-OH is 2. The molecule has 0 unspecified atom stereocenters. The zero-order chi connectivity index (χ0) is 16.7. The van der Waals surface area contributed by atoms with Crippen molar-refractivity contribution in [3.63, 3.8) is 0 Å². The number of hydrogen-bond acceptors (Lipinski definition) is 5. The van der Waals surface area contributed by atoms with Crippen molar-refractivity contribution in [1.82, 2.24) is 14.4 Å². The van der Waals surface area contributed by atoms with Crippen LogP contribution in [0.3, 0.4) is 0 Å². The molecule has 0 bridgehead atoms. The monoisotopic (exact) mass is 322 g/mol. The minimum atomic E-state index is -1.13. The fourth-order valence-corrected chi connectivity index (χ4v) is 2.14. The fraction of sp³-hybridized carbons (Fsp3) is 0. The summed E-state index contributed by atoms with van der Waals surface area (Å²) in [7, 11) is 0. The SMILES string of the molecule is Nc1ccc(F)c(-c2ncc3c(/C(O)=C/O)ncn3c2F)c1F. The van der Waals surface area contributed by atoms with Crippen molar-refractivity contribution in [3.8, 4) is 11.3 Å². The molecular formula is C14H9F3N4O2. The molecule has 2 heterocycles. The molecule has 3 aromatic rings. The first-order valence-electron chi connectivity index (χ1n) is 6.24. The van der Waals surface area contributed by atoms with Gasteiger partial charge in [0.05, 0.1) is 23.0 Å². The number of imidazole rings is 1. The first kappa shape index (κ1) is 14.7. The van der Waals surface area contributed by atoms with Crippen LogP contribution in [0.25, 0.3) is 22.5 Å². The van der Waals surface area contributed by atoms with Gasteiger partial charge in [-0.25, -0.2) is 18.7 Å². The lowest BCUT2D eigenvalue weighted by atomic mass is 10.1. The summed E-state index contributed by atoms with van der Waals surface area (Å²) < 4.78 is 43.3. The molecule has 9 heteroatoms. The predicted molar refractivity (Wildman–Crippen MR) is 75.9 cm³/mol. The van der Waals surface area contributed by atoms with E-state index in [-0.39, 0.29) is 16.9 Å². The minimum absolute atomic E-state index is 0.00114. The van der Waals surface area contributed by atoms with E-state index >= 15 is 0 Å². The highest BCUT2D eigenvalue weighted by Gasteiger charge is 2.22. The van der Waals surface area contributed by atoms with E-state index in [1.165, 1.54) is 0 Å². The largest absolute Gasteiger partial charge is 0.512 e. The van der Waals surface area contributed by atoms with Crippen LogP contribution in [0.5, 0.6) is 0 Å². The van der Waals surface area contributed by atoms with Gasteiger partial charge in [-0.05, 0) is 12.1 Å². The summed E-state index contributed by atoms with van der Waals surface area (Å²) in [6.07, 6.45) is 2.42. The lowest BCUT2D eigenvalue weighted by molar-refractivity contribution is 0.430. The van der Waals surface area contributed by atoms with Gasteiger partial charge in [-0.1, -0.05) is 0 Å². The lowest BCUT2D eigenvalue weighted by Crippen LogP contribution is -2.04. The Balaban J connectivity index is 2.30. The molecule has 3 rings (SSSR count). The van der Waals surface area contributed by atoms with Crippen LogP contribution in [0.15, 0.2) is 30.9 Å². The Labute approximate surface area is 127 Å². The van der Waals surface area contributed by atoms with Crippen molar-refractivity contribution in [1.29, 1.82) is 0 Å². The van der Waals surface area contributed by atoms with Crippen molar-refractivity contribution < 1.29 is 23.4 Å². The van der Waals surface area contributed by atoms with E-state index < -0.39 is 34.6 Å². The number of fused-ring (bicyclic) bond motifs is 1. The minimum Gasteiger partial charge on any atom is -0.512 e. The average Bonchev–Trinajstić information content (AvgIpc) is 2.97. The van der Waals surface area contributed by atoms with E-state index in [2.05, 4.69) is 9.97 Å². The Morgan fingerprint density at radius 3 is 2.65 bits per heavy atom. The summed E-state index contributed by atoms with van der Waals surface area (Å²) in [6, 6.07) is 1.92. The number of nitrogens with two attached hydrogens (primary N) is 1. The molecule has 0 saturated carbocycles. The molecule has 1 aromatic carbocycles. The van der Waals surface area contributed by atoms with E-state index in [0.29, 0.717) is 6.26 Å². The number of nitrogens with zero attached hydrogens (tertiary/aromatic N) is 3. The topological polar surface area (TPSA) is 96.7 Å². The third kappa shape index (κ3) is 2.13.